The number of carbonyl (C=O) groups excluding carboxylic acids is 1. The van der Waals surface area contributed by atoms with Gasteiger partial charge in [0.2, 0.25) is 5.91 Å². The van der Waals surface area contributed by atoms with Gasteiger partial charge in [-0.3, -0.25) is 9.48 Å². The molecular weight excluding hydrogens is 318 g/mol. The minimum atomic E-state index is -0.361. The van der Waals surface area contributed by atoms with Crippen molar-refractivity contribution in [1.29, 1.82) is 0 Å². The molecule has 1 amide bonds. The Morgan fingerprint density at radius 1 is 1.35 bits per heavy atom. The molecule has 1 N–H and O–H groups in total. The second kappa shape index (κ2) is 5.79. The molecule has 0 fully saturated rings. The maximum Gasteiger partial charge on any atom is 0.248 e. The number of carbonyl (C=O) groups is 1. The lowest BCUT2D eigenvalue weighted by Crippen LogP contribution is -2.24. The van der Waals surface area contributed by atoms with Crippen LogP contribution in [0, 0.1) is 20.8 Å². The number of aromatic nitrogens is 2. The first-order valence-corrected chi connectivity index (χ1v) is 7.27. The molecule has 1 heterocycles. The number of anilines is 1. The molecule has 0 saturated heterocycles. The topological polar surface area (TPSA) is 46.9 Å². The summed E-state index contributed by atoms with van der Waals surface area (Å²) in [5, 5.41) is 7.28. The van der Waals surface area contributed by atoms with E-state index in [-0.39, 0.29) is 11.9 Å². The second-order valence-electron chi connectivity index (χ2n) is 5.03. The van der Waals surface area contributed by atoms with Crippen LogP contribution in [0.25, 0.3) is 0 Å². The molecule has 2 rings (SSSR count). The van der Waals surface area contributed by atoms with E-state index < -0.39 is 0 Å². The zero-order chi connectivity index (χ0) is 14.9. The predicted octanol–water partition coefficient (Wildman–Crippen LogP) is 3.77. The number of halogens is 1. The third kappa shape index (κ3) is 3.10. The van der Waals surface area contributed by atoms with Gasteiger partial charge in [0.15, 0.2) is 0 Å². The zero-order valence-electron chi connectivity index (χ0n) is 12.1. The van der Waals surface area contributed by atoms with Gasteiger partial charge in [-0.2, -0.15) is 5.10 Å². The number of nitrogens with one attached hydrogen (secondary N) is 1. The molecule has 0 aliphatic carbocycles. The van der Waals surface area contributed by atoms with Gasteiger partial charge in [-0.1, -0.05) is 12.1 Å². The van der Waals surface area contributed by atoms with Crippen LogP contribution >= 0.6 is 15.9 Å². The molecule has 4 nitrogen and oxygen atoms in total. The van der Waals surface area contributed by atoms with Gasteiger partial charge in [-0.15, -0.1) is 0 Å². The minimum absolute atomic E-state index is 0.0753. The first-order chi connectivity index (χ1) is 9.38. The van der Waals surface area contributed by atoms with E-state index in [1.54, 1.807) is 4.68 Å². The van der Waals surface area contributed by atoms with Crippen molar-refractivity contribution in [2.75, 3.05) is 5.32 Å². The second-order valence-corrected chi connectivity index (χ2v) is 5.88. The smallest absolute Gasteiger partial charge is 0.248 e. The molecule has 0 aliphatic rings. The molecule has 1 unspecified atom stereocenters. The quantitative estimate of drug-likeness (QED) is 0.927. The largest absolute Gasteiger partial charge is 0.324 e. The Hall–Kier alpha value is -1.62. The van der Waals surface area contributed by atoms with Gasteiger partial charge in [-0.05, 0) is 60.8 Å². The van der Waals surface area contributed by atoms with E-state index in [1.807, 2.05) is 52.1 Å². The molecular formula is C15H18BrN3O. The van der Waals surface area contributed by atoms with Crippen LogP contribution in [-0.2, 0) is 4.79 Å². The number of hydrogen-bond donors (Lipinski definition) is 1. The molecule has 0 radical (unpaired) electrons. The van der Waals surface area contributed by atoms with Crippen LogP contribution in [0.15, 0.2) is 28.9 Å². The SMILES string of the molecule is Cc1ccc(C)c(NC(=O)C(C)n2cc(Br)c(C)n2)c1. The standard InChI is InChI=1S/C15H18BrN3O/c1-9-5-6-10(2)14(7-9)17-15(20)12(4)19-8-13(16)11(3)18-19/h5-8,12H,1-4H3,(H,17,20). The third-order valence-corrected chi connectivity index (χ3v) is 4.06. The Balaban J connectivity index is 2.17. The maximum absolute atomic E-state index is 12.3. The summed E-state index contributed by atoms with van der Waals surface area (Å²) in [6, 6.07) is 5.65. The summed E-state index contributed by atoms with van der Waals surface area (Å²) >= 11 is 3.41. The van der Waals surface area contributed by atoms with E-state index in [0.717, 1.165) is 27.0 Å². The fraction of sp³-hybridized carbons (Fsp3) is 0.333. The van der Waals surface area contributed by atoms with E-state index in [1.165, 1.54) is 0 Å². The van der Waals surface area contributed by atoms with Crippen LogP contribution < -0.4 is 5.32 Å². The van der Waals surface area contributed by atoms with Gasteiger partial charge in [0.1, 0.15) is 6.04 Å². The first kappa shape index (κ1) is 14.8. The van der Waals surface area contributed by atoms with Crippen LogP contribution in [0.1, 0.15) is 29.8 Å². The fourth-order valence-electron chi connectivity index (χ4n) is 1.89. The molecule has 0 spiro atoms. The fourth-order valence-corrected chi connectivity index (χ4v) is 2.17. The highest BCUT2D eigenvalue weighted by Crippen LogP contribution is 2.20. The van der Waals surface area contributed by atoms with Gasteiger partial charge in [0.05, 0.1) is 10.2 Å². The van der Waals surface area contributed by atoms with Gasteiger partial charge in [0, 0.05) is 11.9 Å². The molecule has 1 aromatic heterocycles. The molecule has 0 saturated carbocycles. The Labute approximate surface area is 127 Å². The van der Waals surface area contributed by atoms with E-state index in [9.17, 15) is 4.79 Å². The Morgan fingerprint density at radius 3 is 2.65 bits per heavy atom. The molecule has 1 atom stereocenters. The average molecular weight is 336 g/mol. The van der Waals surface area contributed by atoms with E-state index in [2.05, 4.69) is 26.3 Å². The van der Waals surface area contributed by atoms with Crippen molar-refractivity contribution in [3.05, 3.63) is 45.7 Å². The van der Waals surface area contributed by atoms with Crippen LogP contribution in [-0.4, -0.2) is 15.7 Å². The monoisotopic (exact) mass is 335 g/mol. The normalized spacial score (nSPS) is 12.2. The maximum atomic E-state index is 12.3. The summed E-state index contributed by atoms with van der Waals surface area (Å²) in [4.78, 5) is 12.3. The van der Waals surface area contributed by atoms with Crippen molar-refractivity contribution in [1.82, 2.24) is 9.78 Å². The van der Waals surface area contributed by atoms with Gasteiger partial charge in [0.25, 0.3) is 0 Å². The summed E-state index contributed by atoms with van der Waals surface area (Å²) in [6.45, 7) is 7.72. The van der Waals surface area contributed by atoms with Gasteiger partial charge >= 0.3 is 0 Å². The Kier molecular flexibility index (Phi) is 4.28. The number of aryl methyl sites for hydroxylation is 3. The minimum Gasteiger partial charge on any atom is -0.324 e. The number of rotatable bonds is 3. The highest BCUT2D eigenvalue weighted by molar-refractivity contribution is 9.10. The van der Waals surface area contributed by atoms with Crippen LogP contribution in [0.3, 0.4) is 0 Å². The summed E-state index contributed by atoms with van der Waals surface area (Å²) in [5.74, 6) is -0.0753. The van der Waals surface area contributed by atoms with Crippen molar-refractivity contribution in [3.63, 3.8) is 0 Å². The Morgan fingerprint density at radius 2 is 2.05 bits per heavy atom. The molecule has 2 aromatic rings. The van der Waals surface area contributed by atoms with Crippen LogP contribution in [0.4, 0.5) is 5.69 Å². The lowest BCUT2D eigenvalue weighted by atomic mass is 10.1. The predicted molar refractivity (Wildman–Crippen MR) is 83.9 cm³/mol. The summed E-state index contributed by atoms with van der Waals surface area (Å²) < 4.78 is 2.57. The number of hydrogen-bond acceptors (Lipinski definition) is 2. The van der Waals surface area contributed by atoms with Crippen molar-refractivity contribution in [2.24, 2.45) is 0 Å². The molecule has 0 aliphatic heterocycles. The van der Waals surface area contributed by atoms with E-state index >= 15 is 0 Å². The first-order valence-electron chi connectivity index (χ1n) is 6.48. The van der Waals surface area contributed by atoms with E-state index in [0.29, 0.717) is 0 Å². The van der Waals surface area contributed by atoms with Crippen molar-refractivity contribution >= 4 is 27.5 Å². The zero-order valence-corrected chi connectivity index (χ0v) is 13.7. The molecule has 1 aromatic carbocycles. The van der Waals surface area contributed by atoms with Crippen molar-refractivity contribution in [3.8, 4) is 0 Å². The number of nitrogens with zero attached hydrogens (tertiary/aromatic N) is 2. The summed E-state index contributed by atoms with van der Waals surface area (Å²) in [5.41, 5.74) is 3.89. The van der Waals surface area contributed by atoms with Gasteiger partial charge < -0.3 is 5.32 Å². The summed E-state index contributed by atoms with van der Waals surface area (Å²) in [6.07, 6.45) is 1.82. The lowest BCUT2D eigenvalue weighted by Gasteiger charge is -2.14. The average Bonchev–Trinajstić information content (AvgIpc) is 2.73. The number of benzene rings is 1. The van der Waals surface area contributed by atoms with E-state index in [4.69, 9.17) is 0 Å². The number of amides is 1. The lowest BCUT2D eigenvalue weighted by molar-refractivity contribution is -0.119. The third-order valence-electron chi connectivity index (χ3n) is 3.28. The highest BCUT2D eigenvalue weighted by atomic mass is 79.9. The molecule has 20 heavy (non-hydrogen) atoms. The van der Waals surface area contributed by atoms with Crippen molar-refractivity contribution in [2.45, 2.75) is 33.7 Å². The van der Waals surface area contributed by atoms with Crippen molar-refractivity contribution < 1.29 is 4.79 Å². The molecule has 0 bridgehead atoms. The Bertz CT molecular complexity index is 629. The highest BCUT2D eigenvalue weighted by Gasteiger charge is 2.17. The van der Waals surface area contributed by atoms with Gasteiger partial charge in [-0.25, -0.2) is 0 Å². The van der Waals surface area contributed by atoms with Crippen LogP contribution in [0.2, 0.25) is 0 Å². The molecule has 5 heteroatoms. The summed E-state index contributed by atoms with van der Waals surface area (Å²) in [7, 11) is 0. The van der Waals surface area contributed by atoms with Crippen LogP contribution in [0.5, 0.6) is 0 Å². The molecule has 106 valence electrons.